The van der Waals surface area contributed by atoms with Gasteiger partial charge >= 0.3 is 0 Å². The fourth-order valence-electron chi connectivity index (χ4n) is 4.10. The van der Waals surface area contributed by atoms with Gasteiger partial charge in [0.2, 0.25) is 5.91 Å². The van der Waals surface area contributed by atoms with Gasteiger partial charge in [-0.1, -0.05) is 24.3 Å². The number of rotatable bonds is 6. The molecule has 1 aliphatic rings. The SMILES string of the molecule is CN(CC(=O)N1CCN(C(c2ccc(F)cc2)c2ccc(F)cc2)CC1)C(=O)c1ccco1. The molecular formula is C25H25F2N3O3. The van der Waals surface area contributed by atoms with Gasteiger partial charge in [0.05, 0.1) is 18.8 Å². The Balaban J connectivity index is 1.42. The molecule has 4 rings (SSSR count). The zero-order chi connectivity index (χ0) is 23.4. The van der Waals surface area contributed by atoms with E-state index in [1.54, 1.807) is 48.3 Å². The topological polar surface area (TPSA) is 57.0 Å². The summed E-state index contributed by atoms with van der Waals surface area (Å²) in [5.41, 5.74) is 1.79. The zero-order valence-corrected chi connectivity index (χ0v) is 18.3. The normalized spacial score (nSPS) is 14.5. The summed E-state index contributed by atoms with van der Waals surface area (Å²) in [6, 6.07) is 15.6. The summed E-state index contributed by atoms with van der Waals surface area (Å²) >= 11 is 0. The quantitative estimate of drug-likeness (QED) is 0.573. The van der Waals surface area contributed by atoms with E-state index in [1.165, 1.54) is 35.4 Å². The van der Waals surface area contributed by atoms with E-state index in [4.69, 9.17) is 4.42 Å². The molecular weight excluding hydrogens is 428 g/mol. The highest BCUT2D eigenvalue weighted by atomic mass is 19.1. The number of piperazine rings is 1. The van der Waals surface area contributed by atoms with Gasteiger partial charge in [-0.15, -0.1) is 0 Å². The zero-order valence-electron chi connectivity index (χ0n) is 18.3. The van der Waals surface area contributed by atoms with Crippen molar-refractivity contribution in [3.05, 3.63) is 95.4 Å². The van der Waals surface area contributed by atoms with Gasteiger partial charge < -0.3 is 14.2 Å². The number of hydrogen-bond acceptors (Lipinski definition) is 4. The molecule has 33 heavy (non-hydrogen) atoms. The largest absolute Gasteiger partial charge is 0.459 e. The smallest absolute Gasteiger partial charge is 0.289 e. The molecule has 8 heteroatoms. The molecule has 0 bridgehead atoms. The van der Waals surface area contributed by atoms with E-state index in [9.17, 15) is 18.4 Å². The highest BCUT2D eigenvalue weighted by Gasteiger charge is 2.29. The third-order valence-corrected chi connectivity index (χ3v) is 5.85. The summed E-state index contributed by atoms with van der Waals surface area (Å²) in [5, 5.41) is 0. The number of furan rings is 1. The van der Waals surface area contributed by atoms with E-state index >= 15 is 0 Å². The number of carbonyl (C=O) groups excluding carboxylic acids is 2. The second-order valence-electron chi connectivity index (χ2n) is 8.06. The molecule has 1 fully saturated rings. The highest BCUT2D eigenvalue weighted by molar-refractivity contribution is 5.94. The molecule has 1 aromatic heterocycles. The van der Waals surface area contributed by atoms with Gasteiger partial charge in [-0.3, -0.25) is 14.5 Å². The first kappa shape index (κ1) is 22.7. The predicted molar refractivity (Wildman–Crippen MR) is 118 cm³/mol. The maximum absolute atomic E-state index is 13.5. The number of benzene rings is 2. The van der Waals surface area contributed by atoms with Gasteiger partial charge in [-0.05, 0) is 47.5 Å². The van der Waals surface area contributed by atoms with Crippen LogP contribution in [0.15, 0.2) is 71.3 Å². The fraction of sp³-hybridized carbons (Fsp3) is 0.280. The van der Waals surface area contributed by atoms with E-state index in [-0.39, 0.29) is 41.8 Å². The third-order valence-electron chi connectivity index (χ3n) is 5.85. The van der Waals surface area contributed by atoms with Crippen LogP contribution in [0.4, 0.5) is 8.78 Å². The van der Waals surface area contributed by atoms with Gasteiger partial charge in [0.1, 0.15) is 11.6 Å². The number of hydrogen-bond donors (Lipinski definition) is 0. The van der Waals surface area contributed by atoms with Crippen LogP contribution in [-0.4, -0.2) is 66.3 Å². The van der Waals surface area contributed by atoms with Gasteiger partial charge in [-0.25, -0.2) is 8.78 Å². The molecule has 2 amide bonds. The van der Waals surface area contributed by atoms with Crippen LogP contribution in [-0.2, 0) is 4.79 Å². The molecule has 1 aliphatic heterocycles. The van der Waals surface area contributed by atoms with Crippen LogP contribution in [0.25, 0.3) is 0 Å². The van der Waals surface area contributed by atoms with Crippen molar-refractivity contribution in [1.29, 1.82) is 0 Å². The Bertz CT molecular complexity index is 1030. The average Bonchev–Trinajstić information content (AvgIpc) is 3.36. The number of nitrogens with zero attached hydrogens (tertiary/aromatic N) is 3. The Kier molecular flexibility index (Phi) is 6.84. The molecule has 0 N–H and O–H groups in total. The summed E-state index contributed by atoms with van der Waals surface area (Å²) in [4.78, 5) is 30.4. The Morgan fingerprint density at radius 1 is 0.909 bits per heavy atom. The maximum atomic E-state index is 13.5. The lowest BCUT2D eigenvalue weighted by Crippen LogP contribution is -2.52. The Labute approximate surface area is 191 Å². The predicted octanol–water partition coefficient (Wildman–Crippen LogP) is 3.56. The maximum Gasteiger partial charge on any atom is 0.289 e. The van der Waals surface area contributed by atoms with Crippen LogP contribution in [0.2, 0.25) is 0 Å². The van der Waals surface area contributed by atoms with E-state index in [0.717, 1.165) is 11.1 Å². The monoisotopic (exact) mass is 453 g/mol. The number of amides is 2. The summed E-state index contributed by atoms with van der Waals surface area (Å²) in [6.45, 7) is 2.10. The van der Waals surface area contributed by atoms with Crippen molar-refractivity contribution in [3.63, 3.8) is 0 Å². The van der Waals surface area contributed by atoms with Crippen molar-refractivity contribution in [2.45, 2.75) is 6.04 Å². The minimum Gasteiger partial charge on any atom is -0.459 e. The Morgan fingerprint density at radius 2 is 1.45 bits per heavy atom. The van der Waals surface area contributed by atoms with E-state index in [1.807, 2.05) is 0 Å². The van der Waals surface area contributed by atoms with Gasteiger partial charge in [0.25, 0.3) is 5.91 Å². The highest BCUT2D eigenvalue weighted by Crippen LogP contribution is 2.30. The summed E-state index contributed by atoms with van der Waals surface area (Å²) < 4.78 is 32.1. The van der Waals surface area contributed by atoms with Crippen LogP contribution in [0.3, 0.4) is 0 Å². The third kappa shape index (κ3) is 5.28. The standard InChI is InChI=1S/C25H25F2N3O3/c1-28(25(32)22-3-2-16-33-22)17-23(31)29-12-14-30(15-13-29)24(18-4-8-20(26)9-5-18)19-6-10-21(27)11-7-19/h2-11,16,24H,12-15,17H2,1H3. The van der Waals surface area contributed by atoms with E-state index in [0.29, 0.717) is 26.2 Å². The second kappa shape index (κ2) is 9.95. The molecule has 2 heterocycles. The lowest BCUT2D eigenvalue weighted by molar-refractivity contribution is -0.133. The fourth-order valence-corrected chi connectivity index (χ4v) is 4.10. The molecule has 3 aromatic rings. The van der Waals surface area contributed by atoms with Crippen LogP contribution in [0.1, 0.15) is 27.7 Å². The van der Waals surface area contributed by atoms with Crippen LogP contribution >= 0.6 is 0 Å². The molecule has 172 valence electrons. The van der Waals surface area contributed by atoms with Crippen LogP contribution in [0, 0.1) is 11.6 Å². The van der Waals surface area contributed by atoms with Crippen LogP contribution < -0.4 is 0 Å². The van der Waals surface area contributed by atoms with Crippen molar-refractivity contribution in [2.75, 3.05) is 39.8 Å². The van der Waals surface area contributed by atoms with Crippen molar-refractivity contribution in [3.8, 4) is 0 Å². The van der Waals surface area contributed by atoms with Crippen molar-refractivity contribution < 1.29 is 22.8 Å². The second-order valence-corrected chi connectivity index (χ2v) is 8.06. The number of halogens is 2. The molecule has 1 saturated heterocycles. The number of likely N-dealkylation sites (N-methyl/N-ethyl adjacent to an activating group) is 1. The van der Waals surface area contributed by atoms with Crippen LogP contribution in [0.5, 0.6) is 0 Å². The summed E-state index contributed by atoms with van der Waals surface area (Å²) in [7, 11) is 1.57. The van der Waals surface area contributed by atoms with Crippen molar-refractivity contribution in [2.24, 2.45) is 0 Å². The average molecular weight is 453 g/mol. The first-order chi connectivity index (χ1) is 15.9. The first-order valence-electron chi connectivity index (χ1n) is 10.7. The van der Waals surface area contributed by atoms with E-state index in [2.05, 4.69) is 4.90 Å². The number of carbonyl (C=O) groups is 2. The first-order valence-corrected chi connectivity index (χ1v) is 10.7. The Morgan fingerprint density at radius 3 is 1.94 bits per heavy atom. The minimum absolute atomic E-state index is 0.0428. The minimum atomic E-state index is -0.348. The van der Waals surface area contributed by atoms with Crippen molar-refractivity contribution in [1.82, 2.24) is 14.7 Å². The molecule has 0 aliphatic carbocycles. The summed E-state index contributed by atoms with van der Waals surface area (Å²) in [5.74, 6) is -0.936. The lowest BCUT2D eigenvalue weighted by Gasteiger charge is -2.40. The molecule has 0 saturated carbocycles. The van der Waals surface area contributed by atoms with E-state index < -0.39 is 0 Å². The molecule has 0 unspecified atom stereocenters. The van der Waals surface area contributed by atoms with Crippen molar-refractivity contribution >= 4 is 11.8 Å². The Hall–Kier alpha value is -3.52. The molecule has 6 nitrogen and oxygen atoms in total. The molecule has 2 aromatic carbocycles. The lowest BCUT2D eigenvalue weighted by atomic mass is 9.96. The summed E-state index contributed by atoms with van der Waals surface area (Å²) in [6.07, 6.45) is 1.42. The molecule has 0 radical (unpaired) electrons. The van der Waals surface area contributed by atoms with Gasteiger partial charge in [0.15, 0.2) is 5.76 Å². The molecule has 0 spiro atoms. The van der Waals surface area contributed by atoms with Gasteiger partial charge in [-0.2, -0.15) is 0 Å². The molecule has 0 atom stereocenters. The van der Waals surface area contributed by atoms with Gasteiger partial charge in [0, 0.05) is 33.2 Å².